The van der Waals surface area contributed by atoms with Gasteiger partial charge in [0.1, 0.15) is 23.6 Å². The summed E-state index contributed by atoms with van der Waals surface area (Å²) in [7, 11) is 0. The zero-order valence-corrected chi connectivity index (χ0v) is 17.3. The van der Waals surface area contributed by atoms with Gasteiger partial charge in [0.2, 0.25) is 0 Å². The fourth-order valence-electron chi connectivity index (χ4n) is 2.93. The third-order valence-corrected chi connectivity index (χ3v) is 5.20. The van der Waals surface area contributed by atoms with Crippen LogP contribution >= 0.6 is 0 Å². The monoisotopic (exact) mass is 434 g/mol. The molecule has 2 unspecified atom stereocenters. The molecule has 5 nitrogen and oxygen atoms in total. The highest BCUT2D eigenvalue weighted by molar-refractivity contribution is 5.86. The van der Waals surface area contributed by atoms with Gasteiger partial charge in [-0.1, -0.05) is 0 Å². The molecule has 4 rings (SSSR count). The lowest BCUT2D eigenvalue weighted by atomic mass is 9.96. The van der Waals surface area contributed by atoms with Crippen LogP contribution in [0.3, 0.4) is 0 Å². The minimum atomic E-state index is -0.640. The van der Waals surface area contributed by atoms with Crippen LogP contribution in [0.5, 0.6) is 0 Å². The summed E-state index contributed by atoms with van der Waals surface area (Å²) in [5, 5.41) is 12.1. The molecule has 0 radical (unpaired) electrons. The van der Waals surface area contributed by atoms with E-state index in [9.17, 15) is 18.0 Å². The highest BCUT2D eigenvalue weighted by atomic mass is 19.1. The summed E-state index contributed by atoms with van der Waals surface area (Å²) in [5.41, 5.74) is 1.58. The summed E-state index contributed by atoms with van der Waals surface area (Å²) in [4.78, 5) is 14.0. The van der Waals surface area contributed by atoms with Gasteiger partial charge >= 0.3 is 6.09 Å². The Morgan fingerprint density at radius 3 is 2.35 bits per heavy atom. The number of nitrogens with one attached hydrogen (secondary N) is 2. The number of halogens is 3. The first-order chi connectivity index (χ1) is 14.7. The number of ether oxygens (including phenoxy) is 1. The maximum Gasteiger partial charge on any atom is 0.407 e. The highest BCUT2D eigenvalue weighted by Crippen LogP contribution is 2.26. The van der Waals surface area contributed by atoms with Crippen LogP contribution in [-0.2, 0) is 4.74 Å². The van der Waals surface area contributed by atoms with E-state index in [1.807, 2.05) is 0 Å². The Morgan fingerprint density at radius 2 is 1.77 bits per heavy atom. The van der Waals surface area contributed by atoms with Crippen LogP contribution in [0, 0.1) is 17.5 Å². The van der Waals surface area contributed by atoms with Gasteiger partial charge in [-0.05, 0) is 75.1 Å². The Labute approximate surface area is 178 Å². The lowest BCUT2D eigenvalue weighted by Gasteiger charge is -2.26. The van der Waals surface area contributed by atoms with Crippen molar-refractivity contribution in [3.63, 3.8) is 0 Å². The second-order valence-electron chi connectivity index (χ2n) is 7.67. The van der Waals surface area contributed by atoms with Crippen LogP contribution < -0.4 is 5.32 Å². The van der Waals surface area contributed by atoms with Crippen molar-refractivity contribution in [1.29, 1.82) is 0 Å². The average Bonchev–Trinajstić information content (AvgIpc) is 3.10. The molecule has 1 aromatic heterocycles. The molecule has 2 atom stereocenters. The van der Waals surface area contributed by atoms with Crippen molar-refractivity contribution in [1.82, 2.24) is 10.3 Å². The number of hydrogen-bond donors (Lipinski definition) is 3. The van der Waals surface area contributed by atoms with Crippen molar-refractivity contribution >= 4 is 17.0 Å². The lowest BCUT2D eigenvalue weighted by molar-refractivity contribution is 0.0454. The van der Waals surface area contributed by atoms with E-state index < -0.39 is 23.8 Å². The first kappa shape index (κ1) is 22.7. The highest BCUT2D eigenvalue weighted by Gasteiger charge is 2.22. The molecule has 8 heteroatoms. The number of H-pyrrole nitrogens is 1. The van der Waals surface area contributed by atoms with E-state index in [2.05, 4.69) is 10.3 Å². The smallest absolute Gasteiger partial charge is 0.407 e. The molecule has 3 aromatic rings. The van der Waals surface area contributed by atoms with Gasteiger partial charge in [-0.3, -0.25) is 0 Å². The average molecular weight is 434 g/mol. The molecule has 0 saturated heterocycles. The molecule has 1 amide bonds. The first-order valence-corrected chi connectivity index (χ1v) is 10.1. The molecule has 1 saturated carbocycles. The van der Waals surface area contributed by atoms with Gasteiger partial charge in [0.15, 0.2) is 0 Å². The van der Waals surface area contributed by atoms with Crippen LogP contribution in [0.25, 0.3) is 22.2 Å². The normalized spacial score (nSPS) is 15.4. The van der Waals surface area contributed by atoms with Gasteiger partial charge in [-0.15, -0.1) is 0 Å². The zero-order valence-electron chi connectivity index (χ0n) is 17.3. The number of rotatable bonds is 4. The maximum absolute atomic E-state index is 13.5. The maximum atomic E-state index is 13.5. The van der Waals surface area contributed by atoms with E-state index >= 15 is 0 Å². The molecule has 166 valence electrons. The SMILES string of the molecule is CC(O)C(C)NC(=O)OC1CCC1.Fc1ccc(-c2cc3cc(F)cc(F)c3[nH]2)cc1. The van der Waals surface area contributed by atoms with Gasteiger partial charge in [-0.25, -0.2) is 18.0 Å². The Bertz CT molecular complexity index is 1030. The number of fused-ring (bicyclic) bond motifs is 1. The number of carbonyl (C=O) groups is 1. The summed E-state index contributed by atoms with van der Waals surface area (Å²) >= 11 is 0. The standard InChI is InChI=1S/C14H8F3N.C9H17NO3/c15-10-3-1-8(2-4-10)13-6-9-5-11(16)7-12(17)14(9)18-13;1-6(7(2)11)10-9(12)13-8-4-3-5-8/h1-7,18H;6-8,11H,3-5H2,1-2H3,(H,10,12). The van der Waals surface area contributed by atoms with E-state index in [1.54, 1.807) is 32.0 Å². The number of alkyl carbamates (subject to hydrolysis) is 1. The second kappa shape index (κ2) is 9.87. The number of benzene rings is 2. The van der Waals surface area contributed by atoms with Gasteiger partial charge in [0, 0.05) is 17.1 Å². The number of aliphatic hydroxyl groups excluding tert-OH is 1. The molecule has 0 aliphatic heterocycles. The first-order valence-electron chi connectivity index (χ1n) is 10.1. The number of amides is 1. The number of aromatic nitrogens is 1. The number of hydrogen-bond acceptors (Lipinski definition) is 3. The third-order valence-electron chi connectivity index (χ3n) is 5.20. The fourth-order valence-corrected chi connectivity index (χ4v) is 2.93. The Kier molecular flexibility index (Phi) is 7.22. The Hall–Kier alpha value is -3.00. The van der Waals surface area contributed by atoms with E-state index in [4.69, 9.17) is 9.84 Å². The fraction of sp³-hybridized carbons (Fsp3) is 0.348. The van der Waals surface area contributed by atoms with Crippen LogP contribution in [-0.4, -0.2) is 34.4 Å². The van der Waals surface area contributed by atoms with Crippen LogP contribution in [0.15, 0.2) is 42.5 Å². The van der Waals surface area contributed by atoms with Crippen LogP contribution in [0.2, 0.25) is 0 Å². The zero-order chi connectivity index (χ0) is 22.5. The molecule has 0 bridgehead atoms. The van der Waals surface area contributed by atoms with Gasteiger partial charge in [-0.2, -0.15) is 0 Å². The van der Waals surface area contributed by atoms with Crippen molar-refractivity contribution < 1.29 is 27.8 Å². The molecule has 3 N–H and O–H groups in total. The van der Waals surface area contributed by atoms with Crippen molar-refractivity contribution in [2.75, 3.05) is 0 Å². The Balaban J connectivity index is 0.000000187. The molecule has 2 aromatic carbocycles. The molecule has 1 aliphatic carbocycles. The van der Waals surface area contributed by atoms with E-state index in [0.717, 1.165) is 25.3 Å². The van der Waals surface area contributed by atoms with Crippen molar-refractivity contribution in [2.24, 2.45) is 0 Å². The molecule has 1 heterocycles. The largest absolute Gasteiger partial charge is 0.446 e. The molecular formula is C23H25F3N2O3. The predicted molar refractivity (Wildman–Crippen MR) is 112 cm³/mol. The summed E-state index contributed by atoms with van der Waals surface area (Å²) in [6.07, 6.45) is 2.21. The van der Waals surface area contributed by atoms with E-state index in [-0.39, 0.29) is 23.5 Å². The van der Waals surface area contributed by atoms with Gasteiger partial charge in [0.05, 0.1) is 17.7 Å². The van der Waals surface area contributed by atoms with Crippen LogP contribution in [0.1, 0.15) is 33.1 Å². The summed E-state index contributed by atoms with van der Waals surface area (Å²) < 4.78 is 44.4. The molecule has 0 spiro atoms. The minimum Gasteiger partial charge on any atom is -0.446 e. The molecule has 31 heavy (non-hydrogen) atoms. The topological polar surface area (TPSA) is 74.3 Å². The number of aliphatic hydroxyl groups is 1. The van der Waals surface area contributed by atoms with Crippen molar-refractivity contribution in [3.8, 4) is 11.3 Å². The van der Waals surface area contributed by atoms with Gasteiger partial charge in [0.25, 0.3) is 0 Å². The molecule has 1 fully saturated rings. The van der Waals surface area contributed by atoms with Crippen molar-refractivity contribution in [2.45, 2.75) is 51.4 Å². The second-order valence-corrected chi connectivity index (χ2v) is 7.67. The minimum absolute atomic E-state index is 0.0983. The van der Waals surface area contributed by atoms with E-state index in [0.29, 0.717) is 16.6 Å². The summed E-state index contributed by atoms with van der Waals surface area (Å²) in [6.45, 7) is 3.38. The Morgan fingerprint density at radius 1 is 1.10 bits per heavy atom. The van der Waals surface area contributed by atoms with Crippen molar-refractivity contribution in [3.05, 3.63) is 59.9 Å². The quantitative estimate of drug-likeness (QED) is 0.523. The lowest BCUT2D eigenvalue weighted by Crippen LogP contribution is -2.42. The summed E-state index contributed by atoms with van der Waals surface area (Å²) in [6, 6.07) is 9.25. The third kappa shape index (κ3) is 6.01. The molecule has 1 aliphatic rings. The number of carbonyl (C=O) groups excluding carboxylic acids is 1. The summed E-state index contributed by atoms with van der Waals surface area (Å²) in [5.74, 6) is -1.60. The van der Waals surface area contributed by atoms with Gasteiger partial charge < -0.3 is 20.1 Å². The van der Waals surface area contributed by atoms with Crippen LogP contribution in [0.4, 0.5) is 18.0 Å². The molecular weight excluding hydrogens is 409 g/mol. The number of aromatic amines is 1. The predicted octanol–water partition coefficient (Wildman–Crippen LogP) is 5.29. The van der Waals surface area contributed by atoms with E-state index in [1.165, 1.54) is 18.2 Å².